The van der Waals surface area contributed by atoms with Crippen molar-refractivity contribution in [1.82, 2.24) is 0 Å². The molecule has 0 amide bonds. The molecule has 112 valence electrons. The molecule has 1 aliphatic carbocycles. The van der Waals surface area contributed by atoms with Crippen LogP contribution in [0.1, 0.15) is 25.7 Å². The number of rotatable bonds is 4. The number of terminal acetylenes is 1. The molecule has 0 radical (unpaired) electrons. The summed E-state index contributed by atoms with van der Waals surface area (Å²) in [6.07, 6.45) is 7.94. The summed E-state index contributed by atoms with van der Waals surface area (Å²) < 4.78 is 29.7. The van der Waals surface area contributed by atoms with E-state index in [1.807, 2.05) is 0 Å². The van der Waals surface area contributed by atoms with Gasteiger partial charge in [0.2, 0.25) is 0 Å². The standard InChI is InChI=1S/C14H15NO5S/c1-2-11-6-3-4-9-14(11)20-21(18,19)13-8-5-7-12(10-13)15(16)17/h1,5,7-8,10-11,14H,3-4,6,9H2/t11-,14+/m0/s1. The first-order valence-corrected chi connectivity index (χ1v) is 7.99. The molecule has 7 heteroatoms. The van der Waals surface area contributed by atoms with Crippen molar-refractivity contribution in [2.75, 3.05) is 0 Å². The monoisotopic (exact) mass is 309 g/mol. The van der Waals surface area contributed by atoms with Gasteiger partial charge < -0.3 is 0 Å². The molecule has 21 heavy (non-hydrogen) atoms. The van der Waals surface area contributed by atoms with Crippen LogP contribution in [-0.2, 0) is 14.3 Å². The van der Waals surface area contributed by atoms with Gasteiger partial charge in [0.05, 0.1) is 11.0 Å². The molecule has 0 aliphatic heterocycles. The zero-order valence-electron chi connectivity index (χ0n) is 11.3. The molecule has 6 nitrogen and oxygen atoms in total. The van der Waals surface area contributed by atoms with Crippen molar-refractivity contribution in [2.45, 2.75) is 36.7 Å². The molecule has 2 rings (SSSR count). The fourth-order valence-corrected chi connectivity index (χ4v) is 3.55. The van der Waals surface area contributed by atoms with Crippen LogP contribution in [-0.4, -0.2) is 19.4 Å². The van der Waals surface area contributed by atoms with Gasteiger partial charge in [-0.25, -0.2) is 0 Å². The summed E-state index contributed by atoms with van der Waals surface area (Å²) in [6, 6.07) is 4.80. The number of hydrogen-bond donors (Lipinski definition) is 0. The third kappa shape index (κ3) is 3.60. The summed E-state index contributed by atoms with van der Waals surface area (Å²) in [5.41, 5.74) is -0.295. The molecule has 0 saturated heterocycles. The molecule has 1 aliphatic rings. The van der Waals surface area contributed by atoms with Gasteiger partial charge >= 0.3 is 0 Å². The first-order valence-electron chi connectivity index (χ1n) is 6.58. The maximum atomic E-state index is 12.2. The van der Waals surface area contributed by atoms with E-state index in [2.05, 4.69) is 5.92 Å². The van der Waals surface area contributed by atoms with Crippen molar-refractivity contribution in [3.63, 3.8) is 0 Å². The zero-order valence-corrected chi connectivity index (χ0v) is 12.1. The molecule has 1 aromatic carbocycles. The summed E-state index contributed by atoms with van der Waals surface area (Å²) in [7, 11) is -4.06. The maximum absolute atomic E-state index is 12.2. The Morgan fingerprint density at radius 1 is 1.33 bits per heavy atom. The number of non-ortho nitro benzene ring substituents is 1. The van der Waals surface area contributed by atoms with Crippen LogP contribution in [0.3, 0.4) is 0 Å². The highest BCUT2D eigenvalue weighted by Crippen LogP contribution is 2.29. The van der Waals surface area contributed by atoms with Crippen molar-refractivity contribution in [3.05, 3.63) is 34.4 Å². The van der Waals surface area contributed by atoms with E-state index in [1.54, 1.807) is 0 Å². The minimum Gasteiger partial charge on any atom is -0.262 e. The Labute approximate surface area is 123 Å². The van der Waals surface area contributed by atoms with Crippen LogP contribution in [0.15, 0.2) is 29.2 Å². The maximum Gasteiger partial charge on any atom is 0.297 e. The lowest BCUT2D eigenvalue weighted by atomic mass is 9.87. The third-order valence-electron chi connectivity index (χ3n) is 3.48. The highest BCUT2D eigenvalue weighted by atomic mass is 32.2. The summed E-state index contributed by atoms with van der Waals surface area (Å²) in [5.74, 6) is 2.32. The van der Waals surface area contributed by atoms with E-state index >= 15 is 0 Å². The number of nitro groups is 1. The van der Waals surface area contributed by atoms with E-state index in [4.69, 9.17) is 10.6 Å². The first kappa shape index (κ1) is 15.5. The second kappa shape index (κ2) is 6.24. The van der Waals surface area contributed by atoms with E-state index in [-0.39, 0.29) is 16.5 Å². The van der Waals surface area contributed by atoms with Gasteiger partial charge in [-0.15, -0.1) is 12.3 Å². The van der Waals surface area contributed by atoms with Crippen molar-refractivity contribution in [1.29, 1.82) is 0 Å². The minimum atomic E-state index is -4.06. The Morgan fingerprint density at radius 3 is 2.71 bits per heavy atom. The Balaban J connectivity index is 2.24. The quantitative estimate of drug-likeness (QED) is 0.369. The molecule has 0 bridgehead atoms. The zero-order chi connectivity index (χ0) is 15.5. The summed E-state index contributed by atoms with van der Waals surface area (Å²) in [4.78, 5) is 9.84. The molecule has 0 N–H and O–H groups in total. The fourth-order valence-electron chi connectivity index (χ4n) is 2.37. The molecule has 1 aromatic rings. The van der Waals surface area contributed by atoms with E-state index in [1.165, 1.54) is 18.2 Å². The predicted octanol–water partition coefficient (Wildman–Crippen LogP) is 2.49. The highest BCUT2D eigenvalue weighted by Gasteiger charge is 2.30. The van der Waals surface area contributed by atoms with Gasteiger partial charge in [-0.2, -0.15) is 8.42 Å². The van der Waals surface area contributed by atoms with Crippen LogP contribution in [0.2, 0.25) is 0 Å². The number of nitro benzene ring substituents is 1. The van der Waals surface area contributed by atoms with E-state index in [0.717, 1.165) is 25.3 Å². The van der Waals surface area contributed by atoms with Crippen LogP contribution in [0.4, 0.5) is 5.69 Å². The number of hydrogen-bond acceptors (Lipinski definition) is 5. The SMILES string of the molecule is C#C[C@H]1CCCC[C@H]1OS(=O)(=O)c1cccc([N+](=O)[O-])c1. The Bertz CT molecular complexity index is 677. The molecule has 0 unspecified atom stereocenters. The Morgan fingerprint density at radius 2 is 2.05 bits per heavy atom. The predicted molar refractivity (Wildman–Crippen MR) is 75.9 cm³/mol. The largest absolute Gasteiger partial charge is 0.297 e. The fraction of sp³-hybridized carbons (Fsp3) is 0.429. The van der Waals surface area contributed by atoms with Crippen LogP contribution >= 0.6 is 0 Å². The highest BCUT2D eigenvalue weighted by molar-refractivity contribution is 7.86. The molecule has 0 aromatic heterocycles. The van der Waals surface area contributed by atoms with Crippen molar-refractivity contribution in [3.8, 4) is 12.3 Å². The van der Waals surface area contributed by atoms with E-state index < -0.39 is 21.1 Å². The molecule has 0 spiro atoms. The Kier molecular flexibility index (Phi) is 4.60. The van der Waals surface area contributed by atoms with Gasteiger partial charge in [0, 0.05) is 18.1 Å². The van der Waals surface area contributed by atoms with Crippen LogP contribution in [0, 0.1) is 28.4 Å². The molecular formula is C14H15NO5S. The first-order chi connectivity index (χ1) is 9.94. The van der Waals surface area contributed by atoms with Crippen LogP contribution in [0.5, 0.6) is 0 Å². The van der Waals surface area contributed by atoms with Crippen molar-refractivity contribution >= 4 is 15.8 Å². The second-order valence-corrected chi connectivity index (χ2v) is 6.47. The van der Waals surface area contributed by atoms with Gasteiger partial charge in [-0.3, -0.25) is 14.3 Å². The smallest absolute Gasteiger partial charge is 0.262 e. The van der Waals surface area contributed by atoms with Gasteiger partial charge in [0.25, 0.3) is 15.8 Å². The third-order valence-corrected chi connectivity index (χ3v) is 4.82. The van der Waals surface area contributed by atoms with E-state index in [0.29, 0.717) is 6.42 Å². The van der Waals surface area contributed by atoms with E-state index in [9.17, 15) is 18.5 Å². The minimum absolute atomic E-state index is 0.224. The molecule has 1 fully saturated rings. The average Bonchev–Trinajstić information content (AvgIpc) is 2.47. The second-order valence-electron chi connectivity index (χ2n) is 4.90. The topological polar surface area (TPSA) is 86.5 Å². The average molecular weight is 309 g/mol. The van der Waals surface area contributed by atoms with Gasteiger partial charge in [-0.05, 0) is 18.9 Å². The number of benzene rings is 1. The van der Waals surface area contributed by atoms with Crippen LogP contribution < -0.4 is 0 Å². The molecular weight excluding hydrogens is 294 g/mol. The lowest BCUT2D eigenvalue weighted by Gasteiger charge is -2.27. The lowest BCUT2D eigenvalue weighted by Crippen LogP contribution is -2.29. The Hall–Kier alpha value is -1.91. The molecule has 0 heterocycles. The lowest BCUT2D eigenvalue weighted by molar-refractivity contribution is -0.385. The van der Waals surface area contributed by atoms with Crippen molar-refractivity contribution in [2.24, 2.45) is 5.92 Å². The summed E-state index contributed by atoms with van der Waals surface area (Å²) in [5, 5.41) is 10.7. The van der Waals surface area contributed by atoms with Gasteiger partial charge in [0.1, 0.15) is 4.90 Å². The van der Waals surface area contributed by atoms with Gasteiger partial charge in [-0.1, -0.05) is 18.9 Å². The van der Waals surface area contributed by atoms with Gasteiger partial charge in [0.15, 0.2) is 0 Å². The summed E-state index contributed by atoms with van der Waals surface area (Å²) in [6.45, 7) is 0. The normalized spacial score (nSPS) is 22.4. The molecule has 2 atom stereocenters. The van der Waals surface area contributed by atoms with Crippen molar-refractivity contribution < 1.29 is 17.5 Å². The molecule has 1 saturated carbocycles. The van der Waals surface area contributed by atoms with Crippen LogP contribution in [0.25, 0.3) is 0 Å². The number of nitrogens with zero attached hydrogens (tertiary/aromatic N) is 1. The summed E-state index contributed by atoms with van der Waals surface area (Å²) >= 11 is 0.